The number of fused-ring (bicyclic) bond motifs is 1. The molecule has 2 unspecified atom stereocenters. The van der Waals surface area contributed by atoms with E-state index in [0.717, 1.165) is 43.5 Å². The third kappa shape index (κ3) is 4.17. The number of nitrogens with zero attached hydrogens (tertiary/aromatic N) is 1. The highest BCUT2D eigenvalue weighted by Gasteiger charge is 2.48. The van der Waals surface area contributed by atoms with Crippen molar-refractivity contribution >= 4 is 30.1 Å². The van der Waals surface area contributed by atoms with Crippen LogP contribution in [0.2, 0.25) is 0 Å². The van der Waals surface area contributed by atoms with Crippen LogP contribution >= 0.6 is 12.4 Å². The lowest BCUT2D eigenvalue weighted by atomic mass is 9.81. The zero-order valence-corrected chi connectivity index (χ0v) is 13.2. The number of rotatable bonds is 6. The lowest BCUT2D eigenvalue weighted by Crippen LogP contribution is -2.41. The van der Waals surface area contributed by atoms with E-state index in [4.69, 9.17) is 0 Å². The number of carbonyl (C=O) groups excluding carboxylic acids is 3. The molecule has 0 spiro atoms. The minimum atomic E-state index is -0.249. The first kappa shape index (κ1) is 17.9. The van der Waals surface area contributed by atoms with Gasteiger partial charge in [-0.05, 0) is 32.9 Å². The highest BCUT2D eigenvalue weighted by molar-refractivity contribution is 6.07. The first-order valence-electron chi connectivity index (χ1n) is 7.41. The molecular weight excluding hydrogens is 294 g/mol. The first-order chi connectivity index (χ1) is 9.65. The van der Waals surface area contributed by atoms with Crippen LogP contribution in [-0.2, 0) is 14.4 Å². The van der Waals surface area contributed by atoms with Gasteiger partial charge in [0.25, 0.3) is 0 Å². The zero-order valence-electron chi connectivity index (χ0n) is 12.4. The Balaban J connectivity index is 0.00000220. The van der Waals surface area contributed by atoms with Gasteiger partial charge in [0.15, 0.2) is 0 Å². The van der Waals surface area contributed by atoms with Crippen molar-refractivity contribution in [3.63, 3.8) is 0 Å². The summed E-state index contributed by atoms with van der Waals surface area (Å²) >= 11 is 0. The molecule has 2 rings (SSSR count). The van der Waals surface area contributed by atoms with E-state index in [1.807, 2.05) is 7.05 Å². The van der Waals surface area contributed by atoms with Crippen molar-refractivity contribution in [3.8, 4) is 0 Å². The number of likely N-dealkylation sites (tertiary alicyclic amines) is 1. The number of amides is 3. The smallest absolute Gasteiger partial charge is 0.240 e. The third-order valence-electron chi connectivity index (χ3n) is 4.16. The molecule has 1 aliphatic heterocycles. The Hall–Kier alpha value is -1.14. The lowest BCUT2D eigenvalue weighted by molar-refractivity contribution is -0.143. The fraction of sp³-hybridized carbons (Fsp3) is 0.786. The van der Waals surface area contributed by atoms with Crippen molar-refractivity contribution in [1.29, 1.82) is 0 Å². The van der Waals surface area contributed by atoms with Crippen molar-refractivity contribution in [1.82, 2.24) is 15.5 Å². The van der Waals surface area contributed by atoms with E-state index in [1.165, 1.54) is 0 Å². The molecule has 0 aromatic carbocycles. The molecule has 0 bridgehead atoms. The summed E-state index contributed by atoms with van der Waals surface area (Å²) in [6, 6.07) is 0. The minimum Gasteiger partial charge on any atom is -0.354 e. The molecule has 2 aliphatic rings. The Bertz CT molecular complexity index is 379. The van der Waals surface area contributed by atoms with Crippen molar-refractivity contribution in [2.45, 2.75) is 32.1 Å². The molecule has 0 aromatic heterocycles. The summed E-state index contributed by atoms with van der Waals surface area (Å²) in [4.78, 5) is 37.3. The van der Waals surface area contributed by atoms with Gasteiger partial charge in [-0.3, -0.25) is 19.3 Å². The summed E-state index contributed by atoms with van der Waals surface area (Å²) in [7, 11) is 1.85. The summed E-state index contributed by atoms with van der Waals surface area (Å²) in [5.41, 5.74) is 0. The van der Waals surface area contributed by atoms with Crippen molar-refractivity contribution < 1.29 is 14.4 Å². The highest BCUT2D eigenvalue weighted by atomic mass is 35.5. The number of nitrogens with one attached hydrogen (secondary N) is 2. The average molecular weight is 318 g/mol. The molecule has 0 radical (unpaired) electrons. The van der Waals surface area contributed by atoms with E-state index in [0.29, 0.717) is 6.54 Å². The zero-order chi connectivity index (χ0) is 14.5. The molecule has 1 saturated heterocycles. The maximum absolute atomic E-state index is 12.2. The van der Waals surface area contributed by atoms with Crippen LogP contribution in [-0.4, -0.2) is 49.3 Å². The predicted molar refractivity (Wildman–Crippen MR) is 81.0 cm³/mol. The van der Waals surface area contributed by atoms with E-state index in [9.17, 15) is 14.4 Å². The number of hydrogen-bond donors (Lipinski definition) is 2. The van der Waals surface area contributed by atoms with Crippen LogP contribution in [0.1, 0.15) is 32.1 Å². The average Bonchev–Trinajstić information content (AvgIpc) is 2.69. The van der Waals surface area contributed by atoms with Gasteiger partial charge in [-0.15, -0.1) is 12.4 Å². The van der Waals surface area contributed by atoms with Crippen molar-refractivity contribution in [2.24, 2.45) is 11.8 Å². The van der Waals surface area contributed by atoms with E-state index >= 15 is 0 Å². The second kappa shape index (κ2) is 8.34. The standard InChI is InChI=1S/C14H23N3O3.ClH/c1-15-7-4-8-16-12(18)9-17-13(19)10-5-2-3-6-11(10)14(17)20;/h10-11,15H,2-9H2,1H3,(H,16,18);1H. The molecule has 2 atom stereocenters. The third-order valence-corrected chi connectivity index (χ3v) is 4.16. The maximum atomic E-state index is 12.2. The molecule has 0 aromatic rings. The minimum absolute atomic E-state index is 0. The normalized spacial score (nSPS) is 24.5. The quantitative estimate of drug-likeness (QED) is 0.546. The van der Waals surface area contributed by atoms with Gasteiger partial charge in [0, 0.05) is 6.54 Å². The Morgan fingerprint density at radius 2 is 1.71 bits per heavy atom. The SMILES string of the molecule is CNCCCNC(=O)CN1C(=O)C2CCCCC2C1=O.Cl. The molecule has 2 N–H and O–H groups in total. The first-order valence-corrected chi connectivity index (χ1v) is 7.41. The van der Waals surface area contributed by atoms with Crippen LogP contribution in [0.4, 0.5) is 0 Å². The van der Waals surface area contributed by atoms with Gasteiger partial charge < -0.3 is 10.6 Å². The Morgan fingerprint density at radius 1 is 1.14 bits per heavy atom. The number of halogens is 1. The van der Waals surface area contributed by atoms with Gasteiger partial charge in [0.1, 0.15) is 6.54 Å². The van der Waals surface area contributed by atoms with Gasteiger partial charge in [0.05, 0.1) is 11.8 Å². The molecule has 2 fully saturated rings. The van der Waals surface area contributed by atoms with Crippen molar-refractivity contribution in [3.05, 3.63) is 0 Å². The summed E-state index contributed by atoms with van der Waals surface area (Å²) < 4.78 is 0. The Kier molecular flexibility index (Phi) is 7.11. The monoisotopic (exact) mass is 317 g/mol. The van der Waals surface area contributed by atoms with Gasteiger partial charge in [0.2, 0.25) is 17.7 Å². The molecule has 21 heavy (non-hydrogen) atoms. The molecule has 1 heterocycles. The van der Waals surface area contributed by atoms with Crippen LogP contribution in [0.25, 0.3) is 0 Å². The fourth-order valence-corrected chi connectivity index (χ4v) is 3.08. The Morgan fingerprint density at radius 3 is 2.24 bits per heavy atom. The van der Waals surface area contributed by atoms with Crippen LogP contribution in [0.5, 0.6) is 0 Å². The molecule has 3 amide bonds. The van der Waals surface area contributed by atoms with Gasteiger partial charge >= 0.3 is 0 Å². The Labute approximate surface area is 131 Å². The van der Waals surface area contributed by atoms with Crippen molar-refractivity contribution in [2.75, 3.05) is 26.7 Å². The topological polar surface area (TPSA) is 78.5 Å². The van der Waals surface area contributed by atoms with Crippen LogP contribution in [0.15, 0.2) is 0 Å². The molecule has 120 valence electrons. The lowest BCUT2D eigenvalue weighted by Gasteiger charge is -2.19. The maximum Gasteiger partial charge on any atom is 0.240 e. The number of imide groups is 1. The second-order valence-electron chi connectivity index (χ2n) is 5.57. The summed E-state index contributed by atoms with van der Waals surface area (Å²) in [6.45, 7) is 1.26. The van der Waals surface area contributed by atoms with Crippen LogP contribution in [0.3, 0.4) is 0 Å². The molecule has 6 nitrogen and oxygen atoms in total. The largest absolute Gasteiger partial charge is 0.354 e. The molecule has 1 aliphatic carbocycles. The van der Waals surface area contributed by atoms with Crippen LogP contribution < -0.4 is 10.6 Å². The second-order valence-corrected chi connectivity index (χ2v) is 5.57. The van der Waals surface area contributed by atoms with E-state index in [2.05, 4.69) is 10.6 Å². The molecule has 1 saturated carbocycles. The summed E-state index contributed by atoms with van der Waals surface area (Å²) in [5.74, 6) is -0.890. The fourth-order valence-electron chi connectivity index (χ4n) is 3.08. The van der Waals surface area contributed by atoms with E-state index < -0.39 is 0 Å². The predicted octanol–water partition coefficient (Wildman–Crippen LogP) is 0.309. The number of hydrogen-bond acceptors (Lipinski definition) is 4. The van der Waals surface area contributed by atoms with Gasteiger partial charge in [-0.25, -0.2) is 0 Å². The molecule has 7 heteroatoms. The van der Waals surface area contributed by atoms with E-state index in [1.54, 1.807) is 0 Å². The van der Waals surface area contributed by atoms with Gasteiger partial charge in [-0.2, -0.15) is 0 Å². The summed E-state index contributed by atoms with van der Waals surface area (Å²) in [5, 5.41) is 5.73. The van der Waals surface area contributed by atoms with Gasteiger partial charge in [-0.1, -0.05) is 12.8 Å². The summed E-state index contributed by atoms with van der Waals surface area (Å²) in [6.07, 6.45) is 4.41. The van der Waals surface area contributed by atoms with E-state index in [-0.39, 0.29) is 48.5 Å². The van der Waals surface area contributed by atoms with Crippen LogP contribution in [0, 0.1) is 11.8 Å². The molecular formula is C14H24ClN3O3. The highest BCUT2D eigenvalue weighted by Crippen LogP contribution is 2.37. The number of carbonyl (C=O) groups is 3.